The lowest BCUT2D eigenvalue weighted by atomic mass is 10.1. The van der Waals surface area contributed by atoms with Gasteiger partial charge in [-0.2, -0.15) is 0 Å². The van der Waals surface area contributed by atoms with Gasteiger partial charge in [-0.05, 0) is 44.0 Å². The van der Waals surface area contributed by atoms with E-state index in [9.17, 15) is 9.59 Å². The Morgan fingerprint density at radius 2 is 1.95 bits per heavy atom. The lowest BCUT2D eigenvalue weighted by Crippen LogP contribution is -2.20. The maximum absolute atomic E-state index is 11.8. The van der Waals surface area contributed by atoms with Crippen molar-refractivity contribution in [3.05, 3.63) is 29.3 Å². The second-order valence-electron chi connectivity index (χ2n) is 4.70. The Morgan fingerprint density at radius 3 is 2.60 bits per heavy atom. The highest BCUT2D eigenvalue weighted by Crippen LogP contribution is 2.19. The topological polar surface area (TPSA) is 84.2 Å². The molecule has 0 saturated heterocycles. The summed E-state index contributed by atoms with van der Waals surface area (Å²) in [5.74, 6) is -0.180. The largest absolute Gasteiger partial charge is 0.355 e. The van der Waals surface area contributed by atoms with Crippen molar-refractivity contribution < 1.29 is 9.59 Å². The molecular weight excluding hydrogens is 254 g/mol. The molecule has 0 unspecified atom stereocenters. The van der Waals surface area contributed by atoms with E-state index in [2.05, 4.69) is 10.6 Å². The van der Waals surface area contributed by atoms with Crippen LogP contribution in [0.2, 0.25) is 0 Å². The van der Waals surface area contributed by atoms with Gasteiger partial charge in [0.2, 0.25) is 5.91 Å². The van der Waals surface area contributed by atoms with E-state index >= 15 is 0 Å². The number of carbonyl (C=O) groups is 2. The van der Waals surface area contributed by atoms with E-state index in [1.54, 1.807) is 25.2 Å². The Kier molecular flexibility index (Phi) is 6.73. The molecule has 0 atom stereocenters. The van der Waals surface area contributed by atoms with E-state index < -0.39 is 0 Å². The predicted octanol–water partition coefficient (Wildman–Crippen LogP) is 1.81. The number of benzene rings is 1. The van der Waals surface area contributed by atoms with Crippen molar-refractivity contribution in [3.63, 3.8) is 0 Å². The van der Waals surface area contributed by atoms with Crippen molar-refractivity contribution in [1.82, 2.24) is 5.32 Å². The van der Waals surface area contributed by atoms with Crippen molar-refractivity contribution in [2.75, 3.05) is 18.9 Å². The van der Waals surface area contributed by atoms with E-state index in [0.717, 1.165) is 24.8 Å². The van der Waals surface area contributed by atoms with Gasteiger partial charge in [0, 0.05) is 24.7 Å². The molecule has 2 amide bonds. The van der Waals surface area contributed by atoms with Gasteiger partial charge in [-0.3, -0.25) is 9.59 Å². The highest BCUT2D eigenvalue weighted by atomic mass is 16.2. The molecule has 0 aliphatic heterocycles. The van der Waals surface area contributed by atoms with E-state index in [-0.39, 0.29) is 11.8 Å². The SMILES string of the molecule is CNC(=O)c1cccc(NC(=O)CCCCCN)c1C. The molecule has 0 aliphatic rings. The first-order chi connectivity index (χ1) is 9.60. The van der Waals surface area contributed by atoms with Crippen LogP contribution in [-0.2, 0) is 4.79 Å². The monoisotopic (exact) mass is 277 g/mol. The van der Waals surface area contributed by atoms with Gasteiger partial charge in [0.15, 0.2) is 0 Å². The fraction of sp³-hybridized carbons (Fsp3) is 0.467. The number of unbranched alkanes of at least 4 members (excludes halogenated alkanes) is 2. The van der Waals surface area contributed by atoms with Crippen LogP contribution in [0.5, 0.6) is 0 Å². The van der Waals surface area contributed by atoms with Crippen LogP contribution in [0.15, 0.2) is 18.2 Å². The zero-order chi connectivity index (χ0) is 15.0. The van der Waals surface area contributed by atoms with E-state index in [4.69, 9.17) is 5.73 Å². The minimum atomic E-state index is -0.151. The van der Waals surface area contributed by atoms with Crippen LogP contribution in [0.1, 0.15) is 41.6 Å². The molecule has 0 bridgehead atoms. The second kappa shape index (κ2) is 8.32. The van der Waals surface area contributed by atoms with Gasteiger partial charge < -0.3 is 16.4 Å². The standard InChI is InChI=1S/C15H23N3O2/c1-11-12(15(20)17-2)7-6-8-13(11)18-14(19)9-4-3-5-10-16/h6-8H,3-5,9-10,16H2,1-2H3,(H,17,20)(H,18,19). The van der Waals surface area contributed by atoms with Crippen LogP contribution >= 0.6 is 0 Å². The lowest BCUT2D eigenvalue weighted by Gasteiger charge is -2.11. The number of hydrogen-bond donors (Lipinski definition) is 3. The summed E-state index contributed by atoms with van der Waals surface area (Å²) in [7, 11) is 1.59. The summed E-state index contributed by atoms with van der Waals surface area (Å²) < 4.78 is 0. The number of anilines is 1. The number of amides is 2. The van der Waals surface area contributed by atoms with Crippen LogP contribution < -0.4 is 16.4 Å². The summed E-state index contributed by atoms with van der Waals surface area (Å²) in [5, 5.41) is 5.44. The average molecular weight is 277 g/mol. The van der Waals surface area contributed by atoms with Gasteiger partial charge in [0.05, 0.1) is 0 Å². The minimum absolute atomic E-state index is 0.0285. The summed E-state index contributed by atoms with van der Waals surface area (Å²) in [6.45, 7) is 2.49. The molecule has 1 rings (SSSR count). The molecule has 0 spiro atoms. The van der Waals surface area contributed by atoms with Gasteiger partial charge in [0.25, 0.3) is 5.91 Å². The summed E-state index contributed by atoms with van der Waals surface area (Å²) in [5.41, 5.74) is 7.46. The Balaban J connectivity index is 2.64. The molecule has 0 aromatic heterocycles. The summed E-state index contributed by atoms with van der Waals surface area (Å²) >= 11 is 0. The second-order valence-corrected chi connectivity index (χ2v) is 4.70. The van der Waals surface area contributed by atoms with E-state index in [1.165, 1.54) is 0 Å². The van der Waals surface area contributed by atoms with Crippen molar-refractivity contribution in [3.8, 4) is 0 Å². The molecule has 1 aromatic rings. The third kappa shape index (κ3) is 4.66. The molecule has 0 fully saturated rings. The van der Waals surface area contributed by atoms with Gasteiger partial charge >= 0.3 is 0 Å². The Bertz CT molecular complexity index is 472. The molecule has 0 radical (unpaired) electrons. The van der Waals surface area contributed by atoms with Gasteiger partial charge in [-0.1, -0.05) is 12.5 Å². The summed E-state index contributed by atoms with van der Waals surface area (Å²) in [6, 6.07) is 5.31. The number of rotatable bonds is 7. The quantitative estimate of drug-likeness (QED) is 0.665. The number of nitrogens with two attached hydrogens (primary N) is 1. The number of carbonyl (C=O) groups excluding carboxylic acids is 2. The molecule has 5 heteroatoms. The highest BCUT2D eigenvalue weighted by Gasteiger charge is 2.11. The molecule has 5 nitrogen and oxygen atoms in total. The van der Waals surface area contributed by atoms with Crippen LogP contribution in [0.3, 0.4) is 0 Å². The zero-order valence-corrected chi connectivity index (χ0v) is 12.2. The Morgan fingerprint density at radius 1 is 1.20 bits per heavy atom. The van der Waals surface area contributed by atoms with Gasteiger partial charge in [0.1, 0.15) is 0 Å². The Labute approximate surface area is 119 Å². The molecule has 1 aromatic carbocycles. The molecule has 4 N–H and O–H groups in total. The van der Waals surface area contributed by atoms with Crippen molar-refractivity contribution in [1.29, 1.82) is 0 Å². The summed E-state index contributed by atoms with van der Waals surface area (Å²) in [6.07, 6.45) is 3.21. The van der Waals surface area contributed by atoms with Crippen molar-refractivity contribution >= 4 is 17.5 Å². The fourth-order valence-corrected chi connectivity index (χ4v) is 1.97. The lowest BCUT2D eigenvalue weighted by molar-refractivity contribution is -0.116. The first-order valence-corrected chi connectivity index (χ1v) is 6.91. The van der Waals surface area contributed by atoms with Gasteiger partial charge in [-0.25, -0.2) is 0 Å². The normalized spacial score (nSPS) is 10.2. The first-order valence-electron chi connectivity index (χ1n) is 6.91. The molecule has 0 aliphatic carbocycles. The Hall–Kier alpha value is -1.88. The number of nitrogens with one attached hydrogen (secondary N) is 2. The molecular formula is C15H23N3O2. The average Bonchev–Trinajstić information content (AvgIpc) is 2.45. The molecule has 110 valence electrons. The maximum atomic E-state index is 11.8. The molecule has 0 saturated carbocycles. The number of hydrogen-bond acceptors (Lipinski definition) is 3. The third-order valence-electron chi connectivity index (χ3n) is 3.19. The zero-order valence-electron chi connectivity index (χ0n) is 12.2. The highest BCUT2D eigenvalue weighted by molar-refractivity contribution is 5.99. The van der Waals surface area contributed by atoms with E-state index in [0.29, 0.717) is 24.2 Å². The first kappa shape index (κ1) is 16.2. The van der Waals surface area contributed by atoms with E-state index in [1.807, 2.05) is 6.92 Å². The van der Waals surface area contributed by atoms with Crippen LogP contribution in [0.4, 0.5) is 5.69 Å². The fourth-order valence-electron chi connectivity index (χ4n) is 1.97. The van der Waals surface area contributed by atoms with Gasteiger partial charge in [-0.15, -0.1) is 0 Å². The van der Waals surface area contributed by atoms with Crippen LogP contribution in [0.25, 0.3) is 0 Å². The third-order valence-corrected chi connectivity index (χ3v) is 3.19. The maximum Gasteiger partial charge on any atom is 0.251 e. The van der Waals surface area contributed by atoms with Crippen LogP contribution in [-0.4, -0.2) is 25.4 Å². The minimum Gasteiger partial charge on any atom is -0.355 e. The molecule has 0 heterocycles. The predicted molar refractivity (Wildman–Crippen MR) is 80.7 cm³/mol. The van der Waals surface area contributed by atoms with Crippen LogP contribution in [0, 0.1) is 6.92 Å². The van der Waals surface area contributed by atoms with Crippen molar-refractivity contribution in [2.24, 2.45) is 5.73 Å². The van der Waals surface area contributed by atoms with Crippen molar-refractivity contribution in [2.45, 2.75) is 32.6 Å². The smallest absolute Gasteiger partial charge is 0.251 e. The molecule has 20 heavy (non-hydrogen) atoms. The summed E-state index contributed by atoms with van der Waals surface area (Å²) in [4.78, 5) is 23.5.